The van der Waals surface area contributed by atoms with E-state index in [0.717, 1.165) is 23.4 Å². The molecule has 1 heterocycles. The molecule has 1 amide bonds. The number of hydrogen-bond donors (Lipinski definition) is 1. The average Bonchev–Trinajstić information content (AvgIpc) is 3.08. The Hall–Kier alpha value is -2.96. The molecule has 0 bridgehead atoms. The van der Waals surface area contributed by atoms with E-state index in [0.29, 0.717) is 12.1 Å². The number of rotatable bonds is 6. The number of H-pyrrole nitrogens is 1. The van der Waals surface area contributed by atoms with E-state index in [4.69, 9.17) is 4.74 Å². The minimum absolute atomic E-state index is 0.0315. The summed E-state index contributed by atoms with van der Waals surface area (Å²) >= 11 is 0. The maximum atomic E-state index is 13.7. The lowest BCUT2D eigenvalue weighted by Gasteiger charge is -2.20. The lowest BCUT2D eigenvalue weighted by atomic mass is 10.0. The van der Waals surface area contributed by atoms with E-state index in [2.05, 4.69) is 10.2 Å². The zero-order valence-electron chi connectivity index (χ0n) is 15.4. The molecule has 3 aromatic rings. The van der Waals surface area contributed by atoms with Crippen molar-refractivity contribution in [3.8, 4) is 5.75 Å². The van der Waals surface area contributed by atoms with Crippen molar-refractivity contribution in [3.63, 3.8) is 0 Å². The number of aromatic nitrogens is 2. The van der Waals surface area contributed by atoms with Crippen LogP contribution in [0.15, 0.2) is 42.6 Å². The van der Waals surface area contributed by atoms with Crippen LogP contribution in [0.4, 0.5) is 8.78 Å². The maximum absolute atomic E-state index is 13.7. The lowest BCUT2D eigenvalue weighted by Crippen LogP contribution is -2.26. The van der Waals surface area contributed by atoms with Crippen LogP contribution in [0.3, 0.4) is 0 Å². The van der Waals surface area contributed by atoms with E-state index in [-0.39, 0.29) is 23.8 Å². The van der Waals surface area contributed by atoms with Crippen LogP contribution in [0.25, 0.3) is 10.9 Å². The predicted octanol–water partition coefficient (Wildman–Crippen LogP) is 4.35. The Balaban J connectivity index is 1.82. The van der Waals surface area contributed by atoms with Gasteiger partial charge in [0.15, 0.2) is 0 Å². The topological polar surface area (TPSA) is 58.2 Å². The van der Waals surface area contributed by atoms with E-state index in [1.165, 1.54) is 23.1 Å². The first kappa shape index (κ1) is 18.8. The van der Waals surface area contributed by atoms with Crippen molar-refractivity contribution >= 4 is 16.8 Å². The van der Waals surface area contributed by atoms with Crippen molar-refractivity contribution in [2.24, 2.45) is 0 Å². The first-order valence-electron chi connectivity index (χ1n) is 8.62. The van der Waals surface area contributed by atoms with Gasteiger partial charge in [0.05, 0.1) is 23.9 Å². The Kier molecular flexibility index (Phi) is 5.12. The summed E-state index contributed by atoms with van der Waals surface area (Å²) in [5.74, 6) is -3.28. The van der Waals surface area contributed by atoms with E-state index in [9.17, 15) is 13.6 Å². The fourth-order valence-corrected chi connectivity index (χ4v) is 2.95. The van der Waals surface area contributed by atoms with E-state index in [1.54, 1.807) is 20.2 Å². The Bertz CT molecular complexity index is 963. The number of alkyl halides is 2. The number of amides is 1. The highest BCUT2D eigenvalue weighted by Crippen LogP contribution is 2.35. The SMILES string of the molecule is CCOc1cc(C(=O)N(C)Cc2ccc3[nH]ncc3c2)ccc1C(C)(F)F. The molecule has 1 aromatic heterocycles. The van der Waals surface area contributed by atoms with Crippen molar-refractivity contribution < 1.29 is 18.3 Å². The summed E-state index contributed by atoms with van der Waals surface area (Å²) in [5.41, 5.74) is 1.94. The molecule has 0 spiro atoms. The first-order chi connectivity index (χ1) is 12.8. The fraction of sp³-hybridized carbons (Fsp3) is 0.300. The first-order valence-corrected chi connectivity index (χ1v) is 8.62. The van der Waals surface area contributed by atoms with Gasteiger partial charge in [-0.15, -0.1) is 0 Å². The molecule has 0 aliphatic heterocycles. The Morgan fingerprint density at radius 2 is 2.04 bits per heavy atom. The molecule has 0 atom stereocenters. The molecule has 7 heteroatoms. The second-order valence-electron chi connectivity index (χ2n) is 6.49. The van der Waals surface area contributed by atoms with Crippen LogP contribution in [0.5, 0.6) is 5.75 Å². The maximum Gasteiger partial charge on any atom is 0.274 e. The van der Waals surface area contributed by atoms with Gasteiger partial charge in [-0.05, 0) is 42.8 Å². The van der Waals surface area contributed by atoms with Gasteiger partial charge in [0, 0.05) is 31.5 Å². The lowest BCUT2D eigenvalue weighted by molar-refractivity contribution is 0.0145. The number of nitrogens with zero attached hydrogens (tertiary/aromatic N) is 2. The molecule has 0 aliphatic rings. The Labute approximate surface area is 155 Å². The molecule has 0 radical (unpaired) electrons. The van der Waals surface area contributed by atoms with Gasteiger partial charge in [-0.25, -0.2) is 8.78 Å². The smallest absolute Gasteiger partial charge is 0.274 e. The summed E-state index contributed by atoms with van der Waals surface area (Å²) in [6, 6.07) is 9.82. The number of halogens is 2. The van der Waals surface area contributed by atoms with Gasteiger partial charge in [0.2, 0.25) is 0 Å². The third-order valence-electron chi connectivity index (χ3n) is 4.27. The third kappa shape index (κ3) is 4.07. The zero-order chi connectivity index (χ0) is 19.6. The molecule has 27 heavy (non-hydrogen) atoms. The highest BCUT2D eigenvalue weighted by Gasteiger charge is 2.29. The molecule has 0 fully saturated rings. The van der Waals surface area contributed by atoms with Crippen LogP contribution in [-0.2, 0) is 12.5 Å². The number of aromatic amines is 1. The minimum Gasteiger partial charge on any atom is -0.493 e. The quantitative estimate of drug-likeness (QED) is 0.699. The monoisotopic (exact) mass is 373 g/mol. The van der Waals surface area contributed by atoms with Crippen molar-refractivity contribution in [3.05, 3.63) is 59.3 Å². The second kappa shape index (κ2) is 7.34. The molecule has 2 aromatic carbocycles. The molecule has 0 unspecified atom stereocenters. The number of benzene rings is 2. The van der Waals surface area contributed by atoms with Crippen LogP contribution in [0, 0.1) is 0 Å². The van der Waals surface area contributed by atoms with Crippen LogP contribution < -0.4 is 4.74 Å². The molecule has 1 N–H and O–H groups in total. The molecule has 3 rings (SSSR count). The van der Waals surface area contributed by atoms with Gasteiger partial charge in [0.1, 0.15) is 5.75 Å². The van der Waals surface area contributed by atoms with Gasteiger partial charge in [-0.2, -0.15) is 5.10 Å². The molecular weight excluding hydrogens is 352 g/mol. The van der Waals surface area contributed by atoms with Crippen LogP contribution in [0.1, 0.15) is 35.3 Å². The van der Waals surface area contributed by atoms with Gasteiger partial charge in [-0.1, -0.05) is 6.07 Å². The normalized spacial score (nSPS) is 11.6. The van der Waals surface area contributed by atoms with E-state index < -0.39 is 5.92 Å². The zero-order valence-corrected chi connectivity index (χ0v) is 15.4. The number of ether oxygens (including phenoxy) is 1. The number of carbonyl (C=O) groups excluding carboxylic acids is 1. The van der Waals surface area contributed by atoms with Gasteiger partial charge in [0.25, 0.3) is 11.8 Å². The summed E-state index contributed by atoms with van der Waals surface area (Å²) in [6.07, 6.45) is 1.72. The highest BCUT2D eigenvalue weighted by molar-refractivity contribution is 5.94. The van der Waals surface area contributed by atoms with Gasteiger partial charge < -0.3 is 9.64 Å². The molecule has 0 aliphatic carbocycles. The summed E-state index contributed by atoms with van der Waals surface area (Å²) in [6.45, 7) is 3.14. The van der Waals surface area contributed by atoms with Crippen LogP contribution in [0.2, 0.25) is 0 Å². The van der Waals surface area contributed by atoms with Crippen molar-refractivity contribution in [2.45, 2.75) is 26.3 Å². The second-order valence-corrected chi connectivity index (χ2v) is 6.49. The largest absolute Gasteiger partial charge is 0.493 e. The predicted molar refractivity (Wildman–Crippen MR) is 99.1 cm³/mol. The number of nitrogens with one attached hydrogen (secondary N) is 1. The van der Waals surface area contributed by atoms with E-state index >= 15 is 0 Å². The Morgan fingerprint density at radius 1 is 1.26 bits per heavy atom. The third-order valence-corrected chi connectivity index (χ3v) is 4.27. The number of carbonyl (C=O) groups is 1. The molecular formula is C20H21F2N3O2. The van der Waals surface area contributed by atoms with Crippen LogP contribution in [-0.4, -0.2) is 34.7 Å². The number of fused-ring (bicyclic) bond motifs is 1. The Morgan fingerprint density at radius 3 is 2.74 bits per heavy atom. The summed E-state index contributed by atoms with van der Waals surface area (Å²) in [5, 5.41) is 7.82. The van der Waals surface area contributed by atoms with Crippen LogP contribution >= 0.6 is 0 Å². The number of hydrogen-bond acceptors (Lipinski definition) is 3. The van der Waals surface area contributed by atoms with Gasteiger partial charge >= 0.3 is 0 Å². The molecule has 0 saturated carbocycles. The molecule has 142 valence electrons. The molecule has 5 nitrogen and oxygen atoms in total. The summed E-state index contributed by atoms with van der Waals surface area (Å²) < 4.78 is 32.8. The van der Waals surface area contributed by atoms with Crippen molar-refractivity contribution in [1.29, 1.82) is 0 Å². The summed E-state index contributed by atoms with van der Waals surface area (Å²) in [7, 11) is 1.67. The standard InChI is InChI=1S/C20H21F2N3O2/c1-4-27-18-10-14(6-7-16(18)20(2,21)22)19(26)25(3)12-13-5-8-17-15(9-13)11-23-24-17/h5-11H,4,12H2,1-3H3,(H,23,24). The van der Waals surface area contributed by atoms with E-state index in [1.807, 2.05) is 18.2 Å². The average molecular weight is 373 g/mol. The van der Waals surface area contributed by atoms with Gasteiger partial charge in [-0.3, -0.25) is 9.89 Å². The van der Waals surface area contributed by atoms with Crippen molar-refractivity contribution in [2.75, 3.05) is 13.7 Å². The minimum atomic E-state index is -3.04. The summed E-state index contributed by atoms with van der Waals surface area (Å²) in [4.78, 5) is 14.3. The highest BCUT2D eigenvalue weighted by atomic mass is 19.3. The fourth-order valence-electron chi connectivity index (χ4n) is 2.95. The van der Waals surface area contributed by atoms with Crippen molar-refractivity contribution in [1.82, 2.24) is 15.1 Å². The molecule has 0 saturated heterocycles.